The van der Waals surface area contributed by atoms with E-state index in [-0.39, 0.29) is 25.2 Å². The first kappa shape index (κ1) is 14.1. The van der Waals surface area contributed by atoms with Gasteiger partial charge < -0.3 is 9.84 Å². The molecule has 0 rings (SSSR count). The second-order valence-corrected chi connectivity index (χ2v) is 2.87. The van der Waals surface area contributed by atoms with Crippen molar-refractivity contribution in [2.75, 3.05) is 19.8 Å². The van der Waals surface area contributed by atoms with E-state index in [0.29, 0.717) is 6.61 Å². The summed E-state index contributed by atoms with van der Waals surface area (Å²) in [6, 6.07) is 0. The van der Waals surface area contributed by atoms with E-state index in [1.807, 2.05) is 0 Å². The number of aliphatic hydroxyl groups excluding tert-OH is 1. The third-order valence-electron chi connectivity index (χ3n) is 1.31. The van der Waals surface area contributed by atoms with E-state index in [1.165, 1.54) is 6.42 Å². The van der Waals surface area contributed by atoms with Crippen molar-refractivity contribution >= 4 is 0 Å². The van der Waals surface area contributed by atoms with Gasteiger partial charge in [0, 0.05) is 25.2 Å². The van der Waals surface area contributed by atoms with Crippen LogP contribution in [-0.4, -0.2) is 24.9 Å². The smallest absolute Gasteiger partial charge is 0.0697 e. The van der Waals surface area contributed by atoms with Gasteiger partial charge in [-0.05, 0) is 18.8 Å². The molecule has 0 unspecified atom stereocenters. The fourth-order valence-electron chi connectivity index (χ4n) is 0.760. The summed E-state index contributed by atoms with van der Waals surface area (Å²) in [5.74, 6) is 0.762. The van der Waals surface area contributed by atoms with E-state index in [4.69, 9.17) is 9.84 Å². The molecule has 0 spiro atoms. The van der Waals surface area contributed by atoms with E-state index in [9.17, 15) is 0 Å². The molecule has 1 N–H and O–H groups in total. The zero-order chi connectivity index (χ0) is 7.82. The first-order chi connectivity index (χ1) is 4.77. The summed E-state index contributed by atoms with van der Waals surface area (Å²) in [5, 5.41) is 8.35. The molecule has 3 heteroatoms. The van der Waals surface area contributed by atoms with Gasteiger partial charge in [0.15, 0.2) is 0 Å². The fraction of sp³-hybridized carbons (Fsp3) is 1.00. The summed E-state index contributed by atoms with van der Waals surface area (Å²) in [4.78, 5) is 0. The topological polar surface area (TPSA) is 29.5 Å². The van der Waals surface area contributed by atoms with Gasteiger partial charge >= 0.3 is 0 Å². The molecule has 11 heavy (non-hydrogen) atoms. The van der Waals surface area contributed by atoms with E-state index in [2.05, 4.69) is 13.8 Å². The van der Waals surface area contributed by atoms with E-state index >= 15 is 0 Å². The Morgan fingerprint density at radius 1 is 1.27 bits per heavy atom. The third-order valence-corrected chi connectivity index (χ3v) is 1.31. The van der Waals surface area contributed by atoms with Crippen molar-refractivity contribution in [1.82, 2.24) is 0 Å². The van der Waals surface area contributed by atoms with Crippen LogP contribution in [0.1, 0.15) is 26.7 Å². The molecule has 0 atom stereocenters. The van der Waals surface area contributed by atoms with Crippen molar-refractivity contribution in [2.24, 2.45) is 5.92 Å². The number of hydrogen-bond donors (Lipinski definition) is 1. The molecule has 0 bridgehead atoms. The second-order valence-electron chi connectivity index (χ2n) is 2.87. The molecule has 2 nitrogen and oxygen atoms in total. The third kappa shape index (κ3) is 13.5. The number of hydrogen-bond acceptors (Lipinski definition) is 2. The summed E-state index contributed by atoms with van der Waals surface area (Å²) in [6.45, 7) is 5.82. The maximum Gasteiger partial charge on any atom is 0.0697 e. The quantitative estimate of drug-likeness (QED) is 0.653. The fourth-order valence-corrected chi connectivity index (χ4v) is 0.760. The molecule has 0 aliphatic rings. The van der Waals surface area contributed by atoms with Gasteiger partial charge in [0.1, 0.15) is 0 Å². The SMILES string of the molecule is CC(C)CCCOCCO.[V]. The standard InChI is InChI=1S/C8H18O2.V/c1-8(2)4-3-6-10-7-5-9;/h8-9H,3-7H2,1-2H3;. The molecule has 0 fully saturated rings. The average Bonchev–Trinajstić information content (AvgIpc) is 1.87. The van der Waals surface area contributed by atoms with Crippen LogP contribution in [0.2, 0.25) is 0 Å². The van der Waals surface area contributed by atoms with Gasteiger partial charge in [-0.1, -0.05) is 13.8 Å². The maximum atomic E-state index is 8.35. The van der Waals surface area contributed by atoms with Crippen LogP contribution in [-0.2, 0) is 23.3 Å². The molecule has 67 valence electrons. The minimum absolute atomic E-state index is 0. The molecule has 0 amide bonds. The Hall–Kier alpha value is 0.504. The maximum absolute atomic E-state index is 8.35. The normalized spacial score (nSPS) is 9.82. The molecule has 0 aromatic carbocycles. The van der Waals surface area contributed by atoms with Gasteiger partial charge in [-0.3, -0.25) is 0 Å². The van der Waals surface area contributed by atoms with Gasteiger partial charge in [0.2, 0.25) is 0 Å². The Kier molecular flexibility index (Phi) is 13.4. The van der Waals surface area contributed by atoms with Crippen molar-refractivity contribution in [3.05, 3.63) is 0 Å². The Bertz CT molecular complexity index is 67.1. The van der Waals surface area contributed by atoms with Crippen molar-refractivity contribution in [2.45, 2.75) is 26.7 Å². The molecule has 0 aliphatic carbocycles. The van der Waals surface area contributed by atoms with Crippen LogP contribution in [0.4, 0.5) is 0 Å². The average molecular weight is 197 g/mol. The number of ether oxygens (including phenoxy) is 1. The summed E-state index contributed by atoms with van der Waals surface area (Å²) in [7, 11) is 0. The van der Waals surface area contributed by atoms with E-state index in [1.54, 1.807) is 0 Å². The van der Waals surface area contributed by atoms with Crippen molar-refractivity contribution < 1.29 is 28.4 Å². The van der Waals surface area contributed by atoms with Gasteiger partial charge in [-0.2, -0.15) is 0 Å². The molecule has 0 aromatic rings. The largest absolute Gasteiger partial charge is 0.394 e. The molecule has 1 radical (unpaired) electrons. The Morgan fingerprint density at radius 3 is 2.36 bits per heavy atom. The molecule has 0 saturated carbocycles. The molecular formula is C8H18O2V. The van der Waals surface area contributed by atoms with Crippen LogP contribution in [0, 0.1) is 5.92 Å². The minimum atomic E-state index is 0. The molecule has 0 aromatic heterocycles. The summed E-state index contributed by atoms with van der Waals surface area (Å²) < 4.78 is 5.08. The molecule has 0 aliphatic heterocycles. The monoisotopic (exact) mass is 197 g/mol. The van der Waals surface area contributed by atoms with E-state index in [0.717, 1.165) is 18.9 Å². The Labute approximate surface area is 81.2 Å². The summed E-state index contributed by atoms with van der Waals surface area (Å²) in [6.07, 6.45) is 2.32. The predicted molar refractivity (Wildman–Crippen MR) is 42.0 cm³/mol. The summed E-state index contributed by atoms with van der Waals surface area (Å²) in [5.41, 5.74) is 0. The summed E-state index contributed by atoms with van der Waals surface area (Å²) >= 11 is 0. The Balaban J connectivity index is 0. The van der Waals surface area contributed by atoms with Crippen molar-refractivity contribution in [3.8, 4) is 0 Å². The predicted octanol–water partition coefficient (Wildman–Crippen LogP) is 1.43. The molecular weight excluding hydrogens is 179 g/mol. The van der Waals surface area contributed by atoms with Crippen LogP contribution in [0.15, 0.2) is 0 Å². The van der Waals surface area contributed by atoms with Gasteiger partial charge in [0.05, 0.1) is 13.2 Å². The van der Waals surface area contributed by atoms with Crippen LogP contribution in [0.25, 0.3) is 0 Å². The van der Waals surface area contributed by atoms with Crippen molar-refractivity contribution in [3.63, 3.8) is 0 Å². The van der Waals surface area contributed by atoms with Crippen LogP contribution >= 0.6 is 0 Å². The van der Waals surface area contributed by atoms with Crippen LogP contribution in [0.3, 0.4) is 0 Å². The van der Waals surface area contributed by atoms with E-state index < -0.39 is 0 Å². The van der Waals surface area contributed by atoms with Gasteiger partial charge in [-0.25, -0.2) is 0 Å². The van der Waals surface area contributed by atoms with Gasteiger partial charge in [-0.15, -0.1) is 0 Å². The molecule has 0 saturated heterocycles. The first-order valence-electron chi connectivity index (χ1n) is 3.96. The van der Waals surface area contributed by atoms with Crippen LogP contribution < -0.4 is 0 Å². The minimum Gasteiger partial charge on any atom is -0.394 e. The number of aliphatic hydroxyl groups is 1. The van der Waals surface area contributed by atoms with Crippen LogP contribution in [0.5, 0.6) is 0 Å². The van der Waals surface area contributed by atoms with Gasteiger partial charge in [0.25, 0.3) is 0 Å². The van der Waals surface area contributed by atoms with Crippen molar-refractivity contribution in [1.29, 1.82) is 0 Å². The second kappa shape index (κ2) is 10.5. The zero-order valence-corrected chi connectivity index (χ0v) is 8.81. The molecule has 0 heterocycles. The Morgan fingerprint density at radius 2 is 1.91 bits per heavy atom. The number of rotatable bonds is 6. The first-order valence-corrected chi connectivity index (χ1v) is 3.96. The zero-order valence-electron chi connectivity index (χ0n) is 7.42.